The minimum atomic E-state index is -0.999. The number of aliphatic carboxylic acids is 1. The van der Waals surface area contributed by atoms with Crippen LogP contribution in [-0.4, -0.2) is 46.9 Å². The number of carbonyl (C=O) groups is 3. The zero-order valence-electron chi connectivity index (χ0n) is 12.6. The highest BCUT2D eigenvalue weighted by Gasteiger charge is 2.33. The average molecular weight is 339 g/mol. The molecule has 0 aromatic heterocycles. The van der Waals surface area contributed by atoms with E-state index in [1.165, 1.54) is 4.90 Å². The molecule has 23 heavy (non-hydrogen) atoms. The SMILES string of the molecule is O=C(O)CN(C(=O)CCCNC(=O)c1ccc(Cl)cc1)C1CC1. The van der Waals surface area contributed by atoms with Crippen molar-refractivity contribution in [1.29, 1.82) is 0 Å². The first kappa shape index (κ1) is 17.3. The summed E-state index contributed by atoms with van der Waals surface area (Å²) in [4.78, 5) is 36.1. The molecule has 1 aromatic rings. The van der Waals surface area contributed by atoms with Crippen LogP contribution in [0.2, 0.25) is 5.02 Å². The van der Waals surface area contributed by atoms with E-state index in [0.29, 0.717) is 23.6 Å². The Balaban J connectivity index is 1.71. The van der Waals surface area contributed by atoms with Gasteiger partial charge in [0.25, 0.3) is 5.91 Å². The van der Waals surface area contributed by atoms with E-state index in [9.17, 15) is 14.4 Å². The van der Waals surface area contributed by atoms with Crippen molar-refractivity contribution < 1.29 is 19.5 Å². The lowest BCUT2D eigenvalue weighted by atomic mass is 10.2. The van der Waals surface area contributed by atoms with Crippen LogP contribution in [-0.2, 0) is 9.59 Å². The monoisotopic (exact) mass is 338 g/mol. The van der Waals surface area contributed by atoms with E-state index in [1.54, 1.807) is 24.3 Å². The first-order chi connectivity index (χ1) is 11.0. The van der Waals surface area contributed by atoms with Crippen molar-refractivity contribution in [2.24, 2.45) is 0 Å². The third-order valence-electron chi connectivity index (χ3n) is 3.57. The molecule has 0 spiro atoms. The van der Waals surface area contributed by atoms with Gasteiger partial charge < -0.3 is 15.3 Å². The second-order valence-electron chi connectivity index (χ2n) is 5.51. The largest absolute Gasteiger partial charge is 0.480 e. The summed E-state index contributed by atoms with van der Waals surface area (Å²) < 4.78 is 0. The Morgan fingerprint density at radius 1 is 1.22 bits per heavy atom. The second kappa shape index (κ2) is 7.97. The van der Waals surface area contributed by atoms with Crippen molar-refractivity contribution in [3.05, 3.63) is 34.9 Å². The molecule has 0 heterocycles. The fraction of sp³-hybridized carbons (Fsp3) is 0.438. The maximum absolute atomic E-state index is 12.0. The minimum absolute atomic E-state index is 0.0715. The van der Waals surface area contributed by atoms with Crippen LogP contribution in [0, 0.1) is 0 Å². The summed E-state index contributed by atoms with van der Waals surface area (Å²) in [5.41, 5.74) is 0.506. The molecule has 0 radical (unpaired) electrons. The molecular formula is C16H19ClN2O4. The van der Waals surface area contributed by atoms with Gasteiger partial charge >= 0.3 is 5.97 Å². The molecule has 7 heteroatoms. The van der Waals surface area contributed by atoms with E-state index < -0.39 is 5.97 Å². The van der Waals surface area contributed by atoms with Crippen molar-refractivity contribution in [3.8, 4) is 0 Å². The van der Waals surface area contributed by atoms with Gasteiger partial charge in [0.05, 0.1) is 0 Å². The van der Waals surface area contributed by atoms with Crippen LogP contribution in [0.5, 0.6) is 0 Å². The van der Waals surface area contributed by atoms with Crippen LogP contribution >= 0.6 is 11.6 Å². The van der Waals surface area contributed by atoms with Crippen molar-refractivity contribution >= 4 is 29.4 Å². The molecule has 0 aliphatic heterocycles. The summed E-state index contributed by atoms with van der Waals surface area (Å²) >= 11 is 5.76. The van der Waals surface area contributed by atoms with Gasteiger partial charge in [-0.1, -0.05) is 11.6 Å². The van der Waals surface area contributed by atoms with Gasteiger partial charge in [0.15, 0.2) is 0 Å². The molecule has 124 valence electrons. The van der Waals surface area contributed by atoms with E-state index in [1.807, 2.05) is 0 Å². The average Bonchev–Trinajstić information content (AvgIpc) is 3.34. The maximum Gasteiger partial charge on any atom is 0.323 e. The predicted octanol–water partition coefficient (Wildman–Crippen LogP) is 1.93. The van der Waals surface area contributed by atoms with Crippen LogP contribution in [0.4, 0.5) is 0 Å². The molecule has 2 N–H and O–H groups in total. The number of carboxylic acids is 1. The number of nitrogens with zero attached hydrogens (tertiary/aromatic N) is 1. The summed E-state index contributed by atoms with van der Waals surface area (Å²) in [5.74, 6) is -1.39. The van der Waals surface area contributed by atoms with Gasteiger partial charge in [-0.25, -0.2) is 0 Å². The fourth-order valence-electron chi connectivity index (χ4n) is 2.24. The Morgan fingerprint density at radius 3 is 2.43 bits per heavy atom. The highest BCUT2D eigenvalue weighted by Crippen LogP contribution is 2.27. The van der Waals surface area contributed by atoms with Crippen LogP contribution in [0.3, 0.4) is 0 Å². The quantitative estimate of drug-likeness (QED) is 0.709. The highest BCUT2D eigenvalue weighted by atomic mass is 35.5. The Labute approximate surface area is 139 Å². The van der Waals surface area contributed by atoms with E-state index in [-0.39, 0.29) is 30.8 Å². The summed E-state index contributed by atoms with van der Waals surface area (Å²) in [6.07, 6.45) is 2.43. The molecule has 0 atom stereocenters. The van der Waals surface area contributed by atoms with Gasteiger partial charge in [-0.15, -0.1) is 0 Å². The summed E-state index contributed by atoms with van der Waals surface area (Å²) in [5, 5.41) is 12.1. The molecule has 2 amide bonds. The van der Waals surface area contributed by atoms with Gasteiger partial charge in [-0.2, -0.15) is 0 Å². The number of hydrogen-bond acceptors (Lipinski definition) is 3. The number of carboxylic acid groups (broad SMARTS) is 1. The normalized spacial score (nSPS) is 13.4. The van der Waals surface area contributed by atoms with E-state index in [0.717, 1.165) is 12.8 Å². The van der Waals surface area contributed by atoms with E-state index in [2.05, 4.69) is 5.32 Å². The molecule has 0 saturated heterocycles. The lowest BCUT2D eigenvalue weighted by Crippen LogP contribution is -2.37. The smallest absolute Gasteiger partial charge is 0.323 e. The first-order valence-corrected chi connectivity index (χ1v) is 7.90. The summed E-state index contributed by atoms with van der Waals surface area (Å²) in [7, 11) is 0. The molecule has 0 unspecified atom stereocenters. The Morgan fingerprint density at radius 2 is 1.87 bits per heavy atom. The number of amides is 2. The first-order valence-electron chi connectivity index (χ1n) is 7.52. The van der Waals surface area contributed by atoms with E-state index in [4.69, 9.17) is 16.7 Å². The summed E-state index contributed by atoms with van der Waals surface area (Å²) in [6.45, 7) is 0.111. The van der Waals surface area contributed by atoms with Gasteiger partial charge in [0.1, 0.15) is 6.54 Å². The number of rotatable bonds is 8. The van der Waals surface area contributed by atoms with Crippen LogP contribution in [0.1, 0.15) is 36.0 Å². The van der Waals surface area contributed by atoms with Crippen LogP contribution < -0.4 is 5.32 Å². The number of carbonyl (C=O) groups excluding carboxylic acids is 2. The standard InChI is InChI=1S/C16H19ClN2O4/c17-12-5-3-11(4-6-12)16(23)18-9-1-2-14(20)19(10-15(21)22)13-7-8-13/h3-6,13H,1-2,7-10H2,(H,18,23)(H,21,22). The maximum atomic E-state index is 12.0. The number of benzene rings is 1. The lowest BCUT2D eigenvalue weighted by Gasteiger charge is -2.20. The third-order valence-corrected chi connectivity index (χ3v) is 3.82. The fourth-order valence-corrected chi connectivity index (χ4v) is 2.37. The number of nitrogens with one attached hydrogen (secondary N) is 1. The van der Waals surface area contributed by atoms with Gasteiger partial charge in [0.2, 0.25) is 5.91 Å². The Kier molecular flexibility index (Phi) is 5.98. The Hall–Kier alpha value is -2.08. The molecule has 2 rings (SSSR count). The van der Waals surface area contributed by atoms with Gasteiger partial charge in [0, 0.05) is 29.6 Å². The zero-order valence-corrected chi connectivity index (χ0v) is 13.4. The van der Waals surface area contributed by atoms with Crippen molar-refractivity contribution in [2.75, 3.05) is 13.1 Å². The zero-order chi connectivity index (χ0) is 16.8. The molecule has 1 fully saturated rings. The molecule has 1 aliphatic carbocycles. The van der Waals surface area contributed by atoms with Crippen molar-refractivity contribution in [1.82, 2.24) is 10.2 Å². The third kappa shape index (κ3) is 5.56. The minimum Gasteiger partial charge on any atom is -0.480 e. The van der Waals surface area contributed by atoms with Crippen LogP contribution in [0.25, 0.3) is 0 Å². The van der Waals surface area contributed by atoms with Gasteiger partial charge in [-0.3, -0.25) is 14.4 Å². The lowest BCUT2D eigenvalue weighted by molar-refractivity contribution is -0.144. The Bertz CT molecular complexity index is 584. The van der Waals surface area contributed by atoms with Crippen molar-refractivity contribution in [2.45, 2.75) is 31.7 Å². The highest BCUT2D eigenvalue weighted by molar-refractivity contribution is 6.30. The van der Waals surface area contributed by atoms with Crippen LogP contribution in [0.15, 0.2) is 24.3 Å². The molecule has 1 aromatic carbocycles. The molecule has 1 aliphatic rings. The second-order valence-corrected chi connectivity index (χ2v) is 5.95. The van der Waals surface area contributed by atoms with Crippen molar-refractivity contribution in [3.63, 3.8) is 0 Å². The molecule has 0 bridgehead atoms. The predicted molar refractivity (Wildman–Crippen MR) is 85.4 cm³/mol. The number of hydrogen-bond donors (Lipinski definition) is 2. The number of halogens is 1. The molecular weight excluding hydrogens is 320 g/mol. The summed E-state index contributed by atoms with van der Waals surface area (Å²) in [6, 6.07) is 6.61. The van der Waals surface area contributed by atoms with E-state index >= 15 is 0 Å². The topological polar surface area (TPSA) is 86.7 Å². The molecule has 6 nitrogen and oxygen atoms in total. The molecule has 1 saturated carbocycles. The van der Waals surface area contributed by atoms with Gasteiger partial charge in [-0.05, 0) is 43.5 Å².